The maximum atomic E-state index is 15.5. The number of carbonyl (C=O) groups excluding carboxylic acids is 4. The molecule has 3 fully saturated rings. The number of hydrogen-bond donors (Lipinski definition) is 2. The average Bonchev–Trinajstić information content (AvgIpc) is 3.50. The monoisotopic (exact) mass is 723 g/mol. The van der Waals surface area contributed by atoms with Crippen molar-refractivity contribution in [2.45, 2.75) is 37.5 Å². The molecule has 6 atom stereocenters. The lowest BCUT2D eigenvalue weighted by molar-refractivity contribution is -0.141. The summed E-state index contributed by atoms with van der Waals surface area (Å²) in [5, 5.41) is 15.1. The topological polar surface area (TPSA) is 116 Å². The summed E-state index contributed by atoms with van der Waals surface area (Å²) >= 11 is 12.7. The molecule has 2 aliphatic carbocycles. The molecule has 0 spiro atoms. The number of aromatic hydroxyl groups is 1. The number of hydrazine groups is 1. The van der Waals surface area contributed by atoms with Crippen molar-refractivity contribution in [1.82, 2.24) is 9.91 Å². The summed E-state index contributed by atoms with van der Waals surface area (Å²) < 4.78 is 5.48. The van der Waals surface area contributed by atoms with Crippen LogP contribution in [0.25, 0.3) is 10.8 Å². The second-order valence-corrected chi connectivity index (χ2v) is 14.6. The molecule has 11 heteroatoms. The number of carbonyl (C=O) groups is 4. The van der Waals surface area contributed by atoms with E-state index in [0.29, 0.717) is 52.4 Å². The van der Waals surface area contributed by atoms with Crippen LogP contribution in [0.5, 0.6) is 11.5 Å². The van der Waals surface area contributed by atoms with Crippen LogP contribution in [0.15, 0.2) is 90.5 Å². The molecule has 8 rings (SSSR count). The van der Waals surface area contributed by atoms with Crippen LogP contribution < -0.4 is 10.2 Å². The van der Waals surface area contributed by atoms with Crippen molar-refractivity contribution >= 4 is 63.3 Å². The van der Waals surface area contributed by atoms with Gasteiger partial charge in [0.25, 0.3) is 11.8 Å². The van der Waals surface area contributed by atoms with Gasteiger partial charge in [-0.2, -0.15) is 5.01 Å². The number of imide groups is 2. The predicted molar refractivity (Wildman–Crippen MR) is 193 cm³/mol. The highest BCUT2D eigenvalue weighted by Crippen LogP contribution is 2.65. The molecule has 2 heterocycles. The Bertz CT molecular complexity index is 2170. The number of phenolic OH excluding ortho intramolecular Hbond substituents is 1. The van der Waals surface area contributed by atoms with Crippen molar-refractivity contribution in [3.05, 3.63) is 112 Å². The number of hydrogen-bond acceptors (Lipinski definition) is 7. The summed E-state index contributed by atoms with van der Waals surface area (Å²) in [7, 11) is 1.55. The quantitative estimate of drug-likeness (QED) is 0.152. The van der Waals surface area contributed by atoms with Gasteiger partial charge < -0.3 is 9.84 Å². The van der Waals surface area contributed by atoms with E-state index in [1.807, 2.05) is 43.3 Å². The van der Waals surface area contributed by atoms with Crippen LogP contribution in [0.1, 0.15) is 43.2 Å². The van der Waals surface area contributed by atoms with E-state index in [2.05, 4.69) is 5.43 Å². The van der Waals surface area contributed by atoms with Crippen molar-refractivity contribution in [3.8, 4) is 11.5 Å². The molecule has 4 aliphatic rings. The molecule has 4 aromatic carbocycles. The number of allylic oxidation sites excluding steroid dienone is 2. The number of halogens is 2. The molecule has 0 bridgehead atoms. The van der Waals surface area contributed by atoms with Crippen LogP contribution in [0.3, 0.4) is 0 Å². The fourth-order valence-corrected chi connectivity index (χ4v) is 9.70. The highest BCUT2D eigenvalue weighted by Gasteiger charge is 2.70. The number of benzene rings is 4. The standard InChI is InChI=1S/C40H35Cl2N3O6/c1-3-18-44-36(47)27-15-14-26-28(33(27)38(44)49)20-29-37(48)45(43-31-16-11-23(41)19-30(31)42)39(50)40(29,22-9-12-24(51-2)13-10-22)35(26)34-25-7-5-4-6-21(25)8-17-32(34)46/h4-14,16-17,19,27-29,33,35,43,46H,3,15,18,20H2,1-2H3. The molecule has 6 unspecified atom stereocenters. The van der Waals surface area contributed by atoms with Gasteiger partial charge in [0.05, 0.1) is 41.0 Å². The zero-order chi connectivity index (χ0) is 35.8. The Balaban J connectivity index is 1.41. The maximum Gasteiger partial charge on any atom is 0.260 e. The van der Waals surface area contributed by atoms with Gasteiger partial charge in [0.2, 0.25) is 11.8 Å². The Morgan fingerprint density at radius 2 is 1.69 bits per heavy atom. The first kappa shape index (κ1) is 33.3. The molecule has 0 radical (unpaired) electrons. The molecule has 51 heavy (non-hydrogen) atoms. The largest absolute Gasteiger partial charge is 0.508 e. The Morgan fingerprint density at radius 3 is 2.41 bits per heavy atom. The minimum absolute atomic E-state index is 0.0390. The fraction of sp³-hybridized carbons (Fsp3) is 0.300. The van der Waals surface area contributed by atoms with Gasteiger partial charge in [0.1, 0.15) is 11.5 Å². The number of fused-ring (bicyclic) bond motifs is 5. The zero-order valence-corrected chi connectivity index (χ0v) is 29.4. The predicted octanol–water partition coefficient (Wildman–Crippen LogP) is 7.26. The normalized spacial score (nSPS) is 27.0. The van der Waals surface area contributed by atoms with E-state index in [1.165, 1.54) is 11.0 Å². The number of phenols is 1. The molecule has 2 aliphatic heterocycles. The van der Waals surface area contributed by atoms with Gasteiger partial charge in [-0.1, -0.05) is 84.2 Å². The van der Waals surface area contributed by atoms with Gasteiger partial charge in [-0.15, -0.1) is 0 Å². The van der Waals surface area contributed by atoms with Gasteiger partial charge in [-0.25, -0.2) is 0 Å². The molecule has 4 amide bonds. The molecule has 260 valence electrons. The third-order valence-corrected chi connectivity index (χ3v) is 11.9. The second kappa shape index (κ2) is 12.4. The number of amides is 4. The molecule has 2 N–H and O–H groups in total. The first-order valence-electron chi connectivity index (χ1n) is 17.1. The lowest BCUT2D eigenvalue weighted by atomic mass is 9.48. The van der Waals surface area contributed by atoms with Crippen LogP contribution in [-0.2, 0) is 24.6 Å². The number of rotatable bonds is 7. The highest BCUT2D eigenvalue weighted by molar-refractivity contribution is 6.36. The van der Waals surface area contributed by atoms with Crippen LogP contribution in [-0.4, -0.2) is 52.3 Å². The van der Waals surface area contributed by atoms with Gasteiger partial charge in [-0.05, 0) is 77.9 Å². The molecule has 0 aromatic heterocycles. The minimum atomic E-state index is -1.58. The second-order valence-electron chi connectivity index (χ2n) is 13.8. The number of ether oxygens (including phenoxy) is 1. The van der Waals surface area contributed by atoms with Crippen molar-refractivity contribution < 1.29 is 29.0 Å². The molecular formula is C40H35Cl2N3O6. The minimum Gasteiger partial charge on any atom is -0.508 e. The van der Waals surface area contributed by atoms with E-state index in [0.717, 1.165) is 16.0 Å². The zero-order valence-electron chi connectivity index (χ0n) is 27.9. The van der Waals surface area contributed by atoms with Crippen LogP contribution in [0.4, 0.5) is 5.69 Å². The summed E-state index contributed by atoms with van der Waals surface area (Å²) in [6, 6.07) is 22.8. The van der Waals surface area contributed by atoms with Gasteiger partial charge in [0.15, 0.2) is 0 Å². The average molecular weight is 725 g/mol. The SMILES string of the molecule is CCCN1C(=O)C2CC=C3C(CC4C(=O)N(Nc5ccc(Cl)cc5Cl)C(=O)C4(c4ccc(OC)cc4)C3c3c(O)ccc4ccccc34)C2C1=O. The van der Waals surface area contributed by atoms with E-state index in [9.17, 15) is 19.5 Å². The number of methoxy groups -OCH3 is 1. The summed E-state index contributed by atoms with van der Waals surface area (Å²) in [5.41, 5.74) is 3.53. The van der Waals surface area contributed by atoms with Crippen LogP contribution in [0.2, 0.25) is 10.0 Å². The first-order valence-corrected chi connectivity index (χ1v) is 17.9. The third kappa shape index (κ3) is 4.81. The van der Waals surface area contributed by atoms with Gasteiger partial charge >= 0.3 is 0 Å². The van der Waals surface area contributed by atoms with Crippen LogP contribution in [0, 0.1) is 23.7 Å². The number of nitrogens with zero attached hydrogens (tertiary/aromatic N) is 2. The molecular weight excluding hydrogens is 689 g/mol. The van der Waals surface area contributed by atoms with E-state index in [-0.39, 0.29) is 29.0 Å². The third-order valence-electron chi connectivity index (χ3n) is 11.4. The lowest BCUT2D eigenvalue weighted by Gasteiger charge is -2.51. The van der Waals surface area contributed by atoms with Crippen molar-refractivity contribution in [2.24, 2.45) is 23.7 Å². The Hall–Kier alpha value is -4.86. The van der Waals surface area contributed by atoms with Crippen molar-refractivity contribution in [2.75, 3.05) is 19.1 Å². The van der Waals surface area contributed by atoms with Crippen LogP contribution >= 0.6 is 23.2 Å². The Labute approximate surface area is 304 Å². The summed E-state index contributed by atoms with van der Waals surface area (Å²) in [6.45, 7) is 2.24. The summed E-state index contributed by atoms with van der Waals surface area (Å²) in [6.07, 6.45) is 3.05. The summed E-state index contributed by atoms with van der Waals surface area (Å²) in [4.78, 5) is 59.6. The van der Waals surface area contributed by atoms with Gasteiger partial charge in [0, 0.05) is 23.0 Å². The number of likely N-dealkylation sites (tertiary alicyclic amines) is 1. The number of nitrogens with one attached hydrogen (secondary N) is 1. The van der Waals surface area contributed by atoms with Crippen molar-refractivity contribution in [3.63, 3.8) is 0 Å². The molecule has 1 saturated carbocycles. The number of anilines is 1. The maximum absolute atomic E-state index is 15.5. The Morgan fingerprint density at radius 1 is 0.922 bits per heavy atom. The van der Waals surface area contributed by atoms with E-state index < -0.39 is 46.8 Å². The smallest absolute Gasteiger partial charge is 0.260 e. The Kier molecular flexibility index (Phi) is 8.11. The first-order chi connectivity index (χ1) is 24.6. The molecule has 4 aromatic rings. The van der Waals surface area contributed by atoms with E-state index in [1.54, 1.807) is 49.6 Å². The highest BCUT2D eigenvalue weighted by atomic mass is 35.5. The fourth-order valence-electron chi connectivity index (χ4n) is 9.25. The van der Waals surface area contributed by atoms with Gasteiger partial charge in [-0.3, -0.25) is 29.5 Å². The van der Waals surface area contributed by atoms with E-state index >= 15 is 4.79 Å². The summed E-state index contributed by atoms with van der Waals surface area (Å²) in [5.74, 6) is -4.67. The molecule has 9 nitrogen and oxygen atoms in total. The van der Waals surface area contributed by atoms with Crippen molar-refractivity contribution in [1.29, 1.82) is 0 Å². The molecule has 2 saturated heterocycles. The lowest BCUT2D eigenvalue weighted by Crippen LogP contribution is -2.53. The van der Waals surface area contributed by atoms with E-state index in [4.69, 9.17) is 27.9 Å².